The summed E-state index contributed by atoms with van der Waals surface area (Å²) >= 11 is 6.11. The molecule has 198 valence electrons. The first-order chi connectivity index (χ1) is 18.6. The molecular weight excluding hydrogens is 496 g/mol. The van der Waals surface area contributed by atoms with Gasteiger partial charge in [0.2, 0.25) is 5.91 Å². The average molecular weight is 531 g/mol. The number of β-lactam (4-membered cyclic amide) rings is 1. The van der Waals surface area contributed by atoms with Crippen LogP contribution >= 0.6 is 11.6 Å². The van der Waals surface area contributed by atoms with Crippen LogP contribution in [0.3, 0.4) is 0 Å². The maximum Gasteiger partial charge on any atom is 0.315 e. The highest BCUT2D eigenvalue weighted by Crippen LogP contribution is 2.32. The summed E-state index contributed by atoms with van der Waals surface area (Å²) in [4.78, 5) is 27.8. The van der Waals surface area contributed by atoms with Crippen molar-refractivity contribution >= 4 is 46.1 Å². The lowest BCUT2D eigenvalue weighted by Crippen LogP contribution is -2.73. The van der Waals surface area contributed by atoms with Crippen LogP contribution in [0, 0.1) is 0 Å². The van der Waals surface area contributed by atoms with Crippen LogP contribution in [-0.4, -0.2) is 48.1 Å². The van der Waals surface area contributed by atoms with Crippen LogP contribution in [0.4, 0.5) is 10.5 Å². The van der Waals surface area contributed by atoms with E-state index in [9.17, 15) is 9.59 Å². The highest BCUT2D eigenvalue weighted by molar-refractivity contribution is 6.31. The number of hydrogen-bond donors (Lipinski definition) is 3. The molecule has 5 rings (SSSR count). The summed E-state index contributed by atoms with van der Waals surface area (Å²) in [7, 11) is 0. The molecule has 38 heavy (non-hydrogen) atoms. The van der Waals surface area contributed by atoms with Crippen molar-refractivity contribution in [1.82, 2.24) is 15.5 Å². The Morgan fingerprint density at radius 2 is 1.79 bits per heavy atom. The largest absolute Gasteiger partial charge is 0.384 e. The topological polar surface area (TPSA) is 73.5 Å². The highest BCUT2D eigenvalue weighted by atomic mass is 35.5. The molecule has 1 heterocycles. The monoisotopic (exact) mass is 530 g/mol. The number of urea groups is 1. The second kappa shape index (κ2) is 12.4. The number of benzene rings is 3. The third-order valence-electron chi connectivity index (χ3n) is 7.52. The van der Waals surface area contributed by atoms with Gasteiger partial charge < -0.3 is 20.9 Å². The number of fused-ring (bicyclic) bond motifs is 1. The number of hydrogen-bond acceptors (Lipinski definition) is 3. The molecule has 1 saturated heterocycles. The van der Waals surface area contributed by atoms with Crippen LogP contribution in [0.1, 0.15) is 44.1 Å². The summed E-state index contributed by atoms with van der Waals surface area (Å²) in [6.07, 6.45) is 10.5. The van der Waals surface area contributed by atoms with Gasteiger partial charge in [0.15, 0.2) is 0 Å². The number of carbonyl (C=O) groups is 2. The van der Waals surface area contributed by atoms with Gasteiger partial charge in [-0.2, -0.15) is 0 Å². The standard InChI is InChI=1S/C31H35ClN4O2/c32-24-16-17-26-23(21-24)11-7-14-27(26)33-19-8-20-34-31(38)35-29-28(18-15-22-9-3-1-4-10-22)36(30(29)37)25-12-5-2-6-13-25/h1,3-4,7,9-11,14-18,21,25,28-29,33H,2,5-6,8,12-13,19-20H2,(H2,34,35,38)/b18-15+/t28-,29+/m0/s1. The Bertz CT molecular complexity index is 1290. The third-order valence-corrected chi connectivity index (χ3v) is 7.76. The Morgan fingerprint density at radius 3 is 2.61 bits per heavy atom. The maximum absolute atomic E-state index is 13.1. The second-order valence-electron chi connectivity index (χ2n) is 10.1. The van der Waals surface area contributed by atoms with Crippen molar-refractivity contribution < 1.29 is 9.59 Å². The van der Waals surface area contributed by atoms with Gasteiger partial charge >= 0.3 is 6.03 Å². The summed E-state index contributed by atoms with van der Waals surface area (Å²) in [5, 5.41) is 12.2. The summed E-state index contributed by atoms with van der Waals surface area (Å²) in [5.74, 6) is 0.0208. The molecule has 1 saturated carbocycles. The first-order valence-electron chi connectivity index (χ1n) is 13.6. The van der Waals surface area contributed by atoms with Gasteiger partial charge in [0.05, 0.1) is 6.04 Å². The minimum atomic E-state index is -0.530. The lowest BCUT2D eigenvalue weighted by atomic mass is 9.85. The van der Waals surface area contributed by atoms with Crippen molar-refractivity contribution in [2.45, 2.75) is 56.7 Å². The maximum atomic E-state index is 13.1. The normalized spacial score (nSPS) is 19.9. The Balaban J connectivity index is 1.13. The molecule has 0 bridgehead atoms. The molecule has 0 spiro atoms. The first kappa shape index (κ1) is 26.1. The Morgan fingerprint density at radius 1 is 0.974 bits per heavy atom. The van der Waals surface area contributed by atoms with E-state index in [1.165, 1.54) is 6.42 Å². The molecule has 0 radical (unpaired) electrons. The van der Waals surface area contributed by atoms with Crippen LogP contribution in [-0.2, 0) is 4.79 Å². The molecule has 6 nitrogen and oxygen atoms in total. The van der Waals surface area contributed by atoms with Crippen molar-refractivity contribution in [3.05, 3.63) is 83.4 Å². The zero-order valence-electron chi connectivity index (χ0n) is 21.5. The highest BCUT2D eigenvalue weighted by Gasteiger charge is 2.49. The number of amides is 3. The van der Waals surface area contributed by atoms with Crippen molar-refractivity contribution in [3.8, 4) is 0 Å². The summed E-state index contributed by atoms with van der Waals surface area (Å²) in [6, 6.07) is 21.3. The smallest absolute Gasteiger partial charge is 0.315 e. The van der Waals surface area contributed by atoms with Gasteiger partial charge in [-0.25, -0.2) is 4.79 Å². The molecule has 3 aromatic carbocycles. The van der Waals surface area contributed by atoms with E-state index in [-0.39, 0.29) is 24.0 Å². The van der Waals surface area contributed by atoms with E-state index in [4.69, 9.17) is 11.6 Å². The molecule has 3 amide bonds. The van der Waals surface area contributed by atoms with Crippen molar-refractivity contribution in [3.63, 3.8) is 0 Å². The fraction of sp³-hybridized carbons (Fsp3) is 0.355. The van der Waals surface area contributed by atoms with E-state index in [2.05, 4.69) is 22.0 Å². The molecule has 1 aliphatic carbocycles. The Kier molecular flexibility index (Phi) is 8.49. The number of anilines is 1. The van der Waals surface area contributed by atoms with Crippen molar-refractivity contribution in [2.75, 3.05) is 18.4 Å². The molecule has 0 unspecified atom stereocenters. The number of halogens is 1. The summed E-state index contributed by atoms with van der Waals surface area (Å²) in [5.41, 5.74) is 2.12. The van der Waals surface area contributed by atoms with Gasteiger partial charge in [0.1, 0.15) is 6.04 Å². The molecule has 1 aliphatic heterocycles. The minimum Gasteiger partial charge on any atom is -0.384 e. The number of likely N-dealkylation sites (tertiary alicyclic amines) is 1. The zero-order chi connectivity index (χ0) is 26.3. The van der Waals surface area contributed by atoms with Gasteiger partial charge in [-0.3, -0.25) is 4.79 Å². The zero-order valence-corrected chi connectivity index (χ0v) is 22.3. The van der Waals surface area contributed by atoms with Crippen LogP contribution in [0.5, 0.6) is 0 Å². The van der Waals surface area contributed by atoms with Crippen LogP contribution in [0.2, 0.25) is 5.02 Å². The van der Waals surface area contributed by atoms with Gasteiger partial charge in [-0.05, 0) is 48.4 Å². The predicted molar refractivity (Wildman–Crippen MR) is 155 cm³/mol. The fourth-order valence-corrected chi connectivity index (χ4v) is 5.73. The van der Waals surface area contributed by atoms with Gasteiger partial charge in [0.25, 0.3) is 0 Å². The van der Waals surface area contributed by atoms with Crippen LogP contribution in [0.15, 0.2) is 72.8 Å². The van der Waals surface area contributed by atoms with Crippen LogP contribution < -0.4 is 16.0 Å². The lowest BCUT2D eigenvalue weighted by molar-refractivity contribution is -0.152. The predicted octanol–water partition coefficient (Wildman–Crippen LogP) is 6.22. The third kappa shape index (κ3) is 6.13. The molecule has 2 atom stereocenters. The molecule has 2 aliphatic rings. The van der Waals surface area contributed by atoms with E-state index in [0.29, 0.717) is 13.1 Å². The van der Waals surface area contributed by atoms with E-state index in [1.807, 2.05) is 77.7 Å². The van der Waals surface area contributed by atoms with Crippen LogP contribution in [0.25, 0.3) is 16.8 Å². The molecule has 0 aromatic heterocycles. The van der Waals surface area contributed by atoms with E-state index in [0.717, 1.165) is 59.2 Å². The lowest BCUT2D eigenvalue weighted by Gasteiger charge is -2.51. The van der Waals surface area contributed by atoms with Crippen molar-refractivity contribution in [2.24, 2.45) is 0 Å². The van der Waals surface area contributed by atoms with E-state index in [1.54, 1.807) is 0 Å². The Labute approximate surface area is 229 Å². The number of nitrogens with one attached hydrogen (secondary N) is 3. The molecule has 3 N–H and O–H groups in total. The van der Waals surface area contributed by atoms with E-state index < -0.39 is 6.04 Å². The first-order valence-corrected chi connectivity index (χ1v) is 14.0. The SMILES string of the molecule is O=C(NCCCNc1cccc2cc(Cl)ccc12)N[C@H]1C(=O)N(C2CCCCC2)[C@H]1/C=C/c1ccccc1. The van der Waals surface area contributed by atoms with Gasteiger partial charge in [-0.15, -0.1) is 0 Å². The summed E-state index contributed by atoms with van der Waals surface area (Å²) in [6.45, 7) is 1.22. The van der Waals surface area contributed by atoms with E-state index >= 15 is 0 Å². The Hall–Kier alpha value is -3.51. The van der Waals surface area contributed by atoms with Gasteiger partial charge in [-0.1, -0.05) is 91.5 Å². The molecule has 2 fully saturated rings. The number of carbonyl (C=O) groups excluding carboxylic acids is 2. The molecule has 3 aromatic rings. The van der Waals surface area contributed by atoms with Gasteiger partial charge in [0, 0.05) is 35.2 Å². The minimum absolute atomic E-state index is 0.0208. The molecular formula is C31H35ClN4O2. The molecule has 7 heteroatoms. The number of rotatable bonds is 9. The average Bonchev–Trinajstić information content (AvgIpc) is 2.94. The van der Waals surface area contributed by atoms with Crippen molar-refractivity contribution in [1.29, 1.82) is 0 Å². The second-order valence-corrected chi connectivity index (χ2v) is 10.6. The summed E-state index contributed by atoms with van der Waals surface area (Å²) < 4.78 is 0. The number of nitrogens with zero attached hydrogens (tertiary/aromatic N) is 1. The quantitative estimate of drug-likeness (QED) is 0.227. The fourth-order valence-electron chi connectivity index (χ4n) is 5.55.